The second-order valence-corrected chi connectivity index (χ2v) is 8.02. The lowest BCUT2D eigenvalue weighted by Gasteiger charge is -2.22. The average Bonchev–Trinajstić information content (AvgIpc) is 2.30. The Morgan fingerprint density at radius 1 is 1.09 bits per heavy atom. The molecule has 0 aromatic rings. The number of hydrogen-bond donors (Lipinski definition) is 3. The van der Waals surface area contributed by atoms with Crippen LogP contribution in [0, 0.1) is 5.92 Å². The summed E-state index contributed by atoms with van der Waals surface area (Å²) in [6, 6.07) is -1.89. The van der Waals surface area contributed by atoms with E-state index in [0.29, 0.717) is 6.42 Å². The minimum Gasteiger partial charge on any atom is -0.368 e. The molecule has 0 heterocycles. The predicted molar refractivity (Wildman–Crippen MR) is 82.5 cm³/mol. The van der Waals surface area contributed by atoms with E-state index in [2.05, 4.69) is 10.6 Å². The van der Waals surface area contributed by atoms with Gasteiger partial charge in [0.25, 0.3) is 0 Å². The van der Waals surface area contributed by atoms with Gasteiger partial charge >= 0.3 is 0 Å². The summed E-state index contributed by atoms with van der Waals surface area (Å²) in [4.78, 5) is 34.7. The Hall–Kier alpha value is -1.64. The SMILES string of the molecule is CC(=O)NC(CC(C)C)C(=O)NC(CCS(C)(=O)=O)C(N)=O. The zero-order chi connectivity index (χ0) is 17.5. The van der Waals surface area contributed by atoms with Gasteiger partial charge in [0.05, 0.1) is 5.75 Å². The molecule has 0 spiro atoms. The molecule has 0 aliphatic rings. The highest BCUT2D eigenvalue weighted by Crippen LogP contribution is 2.06. The fraction of sp³-hybridized carbons (Fsp3) is 0.769. The molecule has 22 heavy (non-hydrogen) atoms. The first-order valence-corrected chi connectivity index (χ1v) is 9.03. The molecule has 0 aromatic carbocycles. The van der Waals surface area contributed by atoms with Crippen LogP contribution in [-0.2, 0) is 24.2 Å². The lowest BCUT2D eigenvalue weighted by atomic mass is 10.0. The van der Waals surface area contributed by atoms with E-state index in [1.165, 1.54) is 6.92 Å². The van der Waals surface area contributed by atoms with Crippen molar-refractivity contribution in [3.8, 4) is 0 Å². The van der Waals surface area contributed by atoms with Crippen molar-refractivity contribution in [2.45, 2.75) is 45.7 Å². The summed E-state index contributed by atoms with van der Waals surface area (Å²) in [6.45, 7) is 5.06. The lowest BCUT2D eigenvalue weighted by Crippen LogP contribution is -2.53. The first kappa shape index (κ1) is 20.4. The Morgan fingerprint density at radius 2 is 1.64 bits per heavy atom. The fourth-order valence-corrected chi connectivity index (χ4v) is 2.50. The monoisotopic (exact) mass is 335 g/mol. The maximum Gasteiger partial charge on any atom is 0.243 e. The average molecular weight is 335 g/mol. The summed E-state index contributed by atoms with van der Waals surface area (Å²) >= 11 is 0. The van der Waals surface area contributed by atoms with E-state index in [1.807, 2.05) is 13.8 Å². The largest absolute Gasteiger partial charge is 0.368 e. The molecule has 4 N–H and O–H groups in total. The molecule has 2 unspecified atom stereocenters. The minimum atomic E-state index is -3.28. The van der Waals surface area contributed by atoms with Crippen molar-refractivity contribution < 1.29 is 22.8 Å². The Bertz CT molecular complexity index is 516. The number of nitrogens with one attached hydrogen (secondary N) is 2. The van der Waals surface area contributed by atoms with Crippen LogP contribution in [0.25, 0.3) is 0 Å². The van der Waals surface area contributed by atoms with Crippen molar-refractivity contribution in [1.29, 1.82) is 0 Å². The third kappa shape index (κ3) is 9.32. The molecule has 0 saturated heterocycles. The third-order valence-electron chi connectivity index (χ3n) is 2.84. The highest BCUT2D eigenvalue weighted by molar-refractivity contribution is 7.90. The van der Waals surface area contributed by atoms with Crippen molar-refractivity contribution in [2.75, 3.05) is 12.0 Å². The maximum absolute atomic E-state index is 12.2. The Morgan fingerprint density at radius 3 is 2.00 bits per heavy atom. The Labute approximate surface area is 131 Å². The van der Waals surface area contributed by atoms with Crippen molar-refractivity contribution in [2.24, 2.45) is 11.7 Å². The molecule has 2 atom stereocenters. The minimum absolute atomic E-state index is 0.103. The van der Waals surface area contributed by atoms with Crippen LogP contribution in [0.3, 0.4) is 0 Å². The topological polar surface area (TPSA) is 135 Å². The van der Waals surface area contributed by atoms with E-state index in [1.54, 1.807) is 0 Å². The van der Waals surface area contributed by atoms with Crippen LogP contribution in [0.4, 0.5) is 0 Å². The van der Waals surface area contributed by atoms with E-state index >= 15 is 0 Å². The van der Waals surface area contributed by atoms with Gasteiger partial charge in [-0.15, -0.1) is 0 Å². The molecule has 0 aliphatic carbocycles. The highest BCUT2D eigenvalue weighted by atomic mass is 32.2. The number of primary amides is 1. The molecule has 0 radical (unpaired) electrons. The molecule has 8 nitrogen and oxygen atoms in total. The number of nitrogens with two attached hydrogens (primary N) is 1. The number of carbonyl (C=O) groups is 3. The van der Waals surface area contributed by atoms with E-state index < -0.39 is 33.7 Å². The van der Waals surface area contributed by atoms with Crippen LogP contribution >= 0.6 is 0 Å². The molecular weight excluding hydrogens is 310 g/mol. The predicted octanol–water partition coefficient (Wildman–Crippen LogP) is -1.06. The first-order chi connectivity index (χ1) is 9.92. The van der Waals surface area contributed by atoms with Gasteiger partial charge in [0.1, 0.15) is 21.9 Å². The number of hydrogen-bond acceptors (Lipinski definition) is 5. The molecule has 9 heteroatoms. The number of carbonyl (C=O) groups excluding carboxylic acids is 3. The summed E-state index contributed by atoms with van der Waals surface area (Å²) in [5.41, 5.74) is 5.18. The van der Waals surface area contributed by atoms with E-state index in [9.17, 15) is 22.8 Å². The second kappa shape index (κ2) is 8.72. The zero-order valence-corrected chi connectivity index (χ0v) is 14.2. The van der Waals surface area contributed by atoms with Gasteiger partial charge in [0.2, 0.25) is 17.7 Å². The molecule has 0 saturated carbocycles. The van der Waals surface area contributed by atoms with Crippen LogP contribution in [0.2, 0.25) is 0 Å². The van der Waals surface area contributed by atoms with Gasteiger partial charge in [-0.25, -0.2) is 8.42 Å². The van der Waals surface area contributed by atoms with E-state index in [0.717, 1.165) is 6.26 Å². The standard InChI is InChI=1S/C13H25N3O5S/c1-8(2)7-11(15-9(3)17)13(19)16-10(12(14)18)5-6-22(4,20)21/h8,10-11H,5-7H2,1-4H3,(H2,14,18)(H,15,17)(H,16,19). The second-order valence-electron chi connectivity index (χ2n) is 5.76. The van der Waals surface area contributed by atoms with Gasteiger partial charge in [-0.2, -0.15) is 0 Å². The van der Waals surface area contributed by atoms with Gasteiger partial charge < -0.3 is 16.4 Å². The quantitative estimate of drug-likeness (QED) is 0.493. The van der Waals surface area contributed by atoms with Crippen LogP contribution < -0.4 is 16.4 Å². The van der Waals surface area contributed by atoms with Gasteiger partial charge in [-0.1, -0.05) is 13.8 Å². The summed E-state index contributed by atoms with van der Waals surface area (Å²) in [7, 11) is -3.28. The summed E-state index contributed by atoms with van der Waals surface area (Å²) < 4.78 is 22.3. The maximum atomic E-state index is 12.2. The first-order valence-electron chi connectivity index (χ1n) is 6.97. The van der Waals surface area contributed by atoms with Crippen molar-refractivity contribution >= 4 is 27.6 Å². The fourth-order valence-electron chi connectivity index (χ4n) is 1.84. The molecule has 3 amide bonds. The van der Waals surface area contributed by atoms with E-state index in [-0.39, 0.29) is 24.0 Å². The summed E-state index contributed by atoms with van der Waals surface area (Å²) in [5, 5.41) is 4.91. The van der Waals surface area contributed by atoms with Gasteiger partial charge in [-0.05, 0) is 18.8 Å². The van der Waals surface area contributed by atoms with Crippen molar-refractivity contribution in [3.63, 3.8) is 0 Å². The van der Waals surface area contributed by atoms with Crippen LogP contribution in [0.15, 0.2) is 0 Å². The number of sulfone groups is 1. The van der Waals surface area contributed by atoms with Crippen LogP contribution in [-0.4, -0.2) is 50.2 Å². The van der Waals surface area contributed by atoms with Crippen LogP contribution in [0.1, 0.15) is 33.6 Å². The summed E-state index contributed by atoms with van der Waals surface area (Å²) in [5.74, 6) is -1.86. The smallest absolute Gasteiger partial charge is 0.243 e. The molecule has 0 rings (SSSR count). The molecule has 0 aliphatic heterocycles. The highest BCUT2D eigenvalue weighted by Gasteiger charge is 2.26. The van der Waals surface area contributed by atoms with Gasteiger partial charge in [0.15, 0.2) is 0 Å². The zero-order valence-electron chi connectivity index (χ0n) is 13.4. The van der Waals surface area contributed by atoms with Crippen molar-refractivity contribution in [1.82, 2.24) is 10.6 Å². The summed E-state index contributed by atoms with van der Waals surface area (Å²) in [6.07, 6.45) is 1.32. The van der Waals surface area contributed by atoms with Gasteiger partial charge in [0, 0.05) is 13.2 Å². The Balaban J connectivity index is 4.88. The lowest BCUT2D eigenvalue weighted by molar-refractivity contribution is -0.131. The number of rotatable bonds is 9. The van der Waals surface area contributed by atoms with Crippen LogP contribution in [0.5, 0.6) is 0 Å². The number of amides is 3. The normalized spacial score (nSPS) is 14.2. The molecular formula is C13H25N3O5S. The third-order valence-corrected chi connectivity index (χ3v) is 3.82. The molecule has 0 aromatic heterocycles. The molecule has 0 fully saturated rings. The van der Waals surface area contributed by atoms with Gasteiger partial charge in [-0.3, -0.25) is 14.4 Å². The molecule has 0 bridgehead atoms. The van der Waals surface area contributed by atoms with E-state index in [4.69, 9.17) is 5.73 Å². The van der Waals surface area contributed by atoms with Crippen molar-refractivity contribution in [3.05, 3.63) is 0 Å². The Kier molecular flexibility index (Phi) is 8.07. The molecule has 128 valence electrons.